The van der Waals surface area contributed by atoms with Crippen LogP contribution in [0.4, 0.5) is 15.4 Å². The largest absolute Gasteiger partial charge is 0.497 e. The number of piperidine rings is 1. The van der Waals surface area contributed by atoms with Gasteiger partial charge in [-0.3, -0.25) is 9.69 Å². The van der Waals surface area contributed by atoms with Gasteiger partial charge in [0.2, 0.25) is 5.91 Å². The Labute approximate surface area is 268 Å². The monoisotopic (exact) mass is 628 g/mol. The number of pyridine rings is 1. The highest BCUT2D eigenvalue weighted by Gasteiger charge is 2.55. The van der Waals surface area contributed by atoms with Crippen molar-refractivity contribution in [2.75, 3.05) is 25.1 Å². The minimum absolute atomic E-state index is 0.0619. The van der Waals surface area contributed by atoms with Crippen LogP contribution in [0.15, 0.2) is 72.9 Å². The SMILES string of the molecule is COc1ccc(CN(C(=O)OC(C)(C)C)c2cc(C[C@H]3C(=O)N(C(=O)N4CCC[C@H](c5ccccc5)C4)[C@@H]3C(=O)O)ccn2)cc1. The number of rotatable bonds is 8. The van der Waals surface area contributed by atoms with Gasteiger partial charge in [0, 0.05) is 25.2 Å². The Morgan fingerprint density at radius 2 is 1.74 bits per heavy atom. The topological polar surface area (TPSA) is 130 Å². The number of β-lactam (4-membered cyclic amide) rings is 1. The molecular weight excluding hydrogens is 588 g/mol. The summed E-state index contributed by atoms with van der Waals surface area (Å²) in [4.78, 5) is 60.9. The number of carboxylic acids is 1. The first-order chi connectivity index (χ1) is 21.9. The van der Waals surface area contributed by atoms with E-state index in [-0.39, 0.29) is 24.7 Å². The summed E-state index contributed by atoms with van der Waals surface area (Å²) in [6.07, 6.45) is 2.64. The summed E-state index contributed by atoms with van der Waals surface area (Å²) >= 11 is 0. The first kappa shape index (κ1) is 32.5. The Hall–Kier alpha value is -4.93. The third-order valence-electron chi connectivity index (χ3n) is 8.29. The predicted octanol–water partition coefficient (Wildman–Crippen LogP) is 5.49. The van der Waals surface area contributed by atoms with Gasteiger partial charge in [0.15, 0.2) is 6.04 Å². The van der Waals surface area contributed by atoms with Crippen molar-refractivity contribution in [3.05, 3.63) is 89.6 Å². The smallest absolute Gasteiger partial charge is 0.416 e. The minimum atomic E-state index is -1.30. The average molecular weight is 629 g/mol. The second kappa shape index (κ2) is 13.6. The molecule has 0 aliphatic carbocycles. The fourth-order valence-corrected chi connectivity index (χ4v) is 6.00. The van der Waals surface area contributed by atoms with Crippen LogP contribution < -0.4 is 9.64 Å². The van der Waals surface area contributed by atoms with Gasteiger partial charge in [-0.25, -0.2) is 24.3 Å². The lowest BCUT2D eigenvalue weighted by atomic mass is 9.82. The molecule has 1 N–H and O–H groups in total. The average Bonchev–Trinajstić information content (AvgIpc) is 3.04. The number of amides is 4. The van der Waals surface area contributed by atoms with Gasteiger partial charge in [-0.1, -0.05) is 42.5 Å². The van der Waals surface area contributed by atoms with Crippen LogP contribution in [0.5, 0.6) is 5.75 Å². The van der Waals surface area contributed by atoms with Crippen molar-refractivity contribution in [3.63, 3.8) is 0 Å². The Bertz CT molecular complexity index is 1570. The zero-order chi connectivity index (χ0) is 33.0. The van der Waals surface area contributed by atoms with E-state index in [1.165, 1.54) is 11.1 Å². The van der Waals surface area contributed by atoms with Crippen LogP contribution in [0.2, 0.25) is 0 Å². The van der Waals surface area contributed by atoms with Crippen molar-refractivity contribution in [1.82, 2.24) is 14.8 Å². The van der Waals surface area contributed by atoms with Crippen LogP contribution in [-0.4, -0.2) is 75.7 Å². The number of hydrogen-bond donors (Lipinski definition) is 1. The molecule has 2 aromatic carbocycles. The number of benzene rings is 2. The van der Waals surface area contributed by atoms with Crippen molar-refractivity contribution in [2.24, 2.45) is 5.92 Å². The number of anilines is 1. The molecule has 1 aromatic heterocycles. The third-order valence-corrected chi connectivity index (χ3v) is 8.29. The molecule has 0 spiro atoms. The summed E-state index contributed by atoms with van der Waals surface area (Å²) in [7, 11) is 1.57. The van der Waals surface area contributed by atoms with Gasteiger partial charge in [0.25, 0.3) is 0 Å². The molecule has 0 radical (unpaired) electrons. The van der Waals surface area contributed by atoms with Gasteiger partial charge in [-0.15, -0.1) is 0 Å². The lowest BCUT2D eigenvalue weighted by Crippen LogP contribution is -2.69. The highest BCUT2D eigenvalue weighted by molar-refractivity contribution is 6.07. The number of ether oxygens (including phenoxy) is 2. The zero-order valence-corrected chi connectivity index (χ0v) is 26.6. The molecule has 3 heterocycles. The van der Waals surface area contributed by atoms with Crippen LogP contribution in [0, 0.1) is 5.92 Å². The first-order valence-electron chi connectivity index (χ1n) is 15.4. The number of likely N-dealkylation sites (tertiary alicyclic amines) is 2. The fraction of sp³-hybridized carbons (Fsp3) is 0.400. The van der Waals surface area contributed by atoms with E-state index in [2.05, 4.69) is 4.98 Å². The number of aromatic nitrogens is 1. The summed E-state index contributed by atoms with van der Waals surface area (Å²) in [6, 6.07) is 18.6. The summed E-state index contributed by atoms with van der Waals surface area (Å²) < 4.78 is 10.9. The number of hydrogen-bond acceptors (Lipinski definition) is 7. The van der Waals surface area contributed by atoms with E-state index < -0.39 is 41.6 Å². The van der Waals surface area contributed by atoms with Crippen molar-refractivity contribution in [3.8, 4) is 5.75 Å². The molecule has 242 valence electrons. The fourth-order valence-electron chi connectivity index (χ4n) is 6.00. The summed E-state index contributed by atoms with van der Waals surface area (Å²) in [6.45, 7) is 6.35. The van der Waals surface area contributed by atoms with E-state index in [0.29, 0.717) is 24.4 Å². The Balaban J connectivity index is 1.33. The van der Waals surface area contributed by atoms with Gasteiger partial charge < -0.3 is 19.5 Å². The summed E-state index contributed by atoms with van der Waals surface area (Å²) in [5.74, 6) is -1.62. The molecule has 3 atom stereocenters. The molecule has 0 unspecified atom stereocenters. The quantitative estimate of drug-likeness (QED) is 0.325. The standard InChI is InChI=1S/C35H40N4O7/c1-35(2,3)46-34(44)38(21-23-12-14-27(45-4)15-13-23)29-20-24(16-17-36-29)19-28-30(32(41)42)39(31(28)40)33(43)37-18-8-11-26(22-37)25-9-6-5-7-10-25/h5-7,9-10,12-17,20,26,28,30H,8,11,18-19,21-22H2,1-4H3,(H,41,42)/t26-,28+,30-/m0/s1. The number of imide groups is 1. The molecule has 2 aliphatic heterocycles. The third kappa shape index (κ3) is 7.30. The van der Waals surface area contributed by atoms with Gasteiger partial charge in [-0.2, -0.15) is 0 Å². The molecular formula is C35H40N4O7. The lowest BCUT2D eigenvalue weighted by molar-refractivity contribution is -0.166. The molecule has 4 amide bonds. The molecule has 2 saturated heterocycles. The van der Waals surface area contributed by atoms with Gasteiger partial charge in [0.05, 0.1) is 19.6 Å². The van der Waals surface area contributed by atoms with Crippen LogP contribution in [0.3, 0.4) is 0 Å². The Morgan fingerprint density at radius 1 is 1.02 bits per heavy atom. The molecule has 2 aliphatic rings. The minimum Gasteiger partial charge on any atom is -0.497 e. The van der Waals surface area contributed by atoms with Crippen molar-refractivity contribution in [1.29, 1.82) is 0 Å². The Kier molecular flexibility index (Phi) is 9.60. The normalized spacial score (nSPS) is 19.7. The predicted molar refractivity (Wildman–Crippen MR) is 170 cm³/mol. The van der Waals surface area contributed by atoms with E-state index >= 15 is 0 Å². The van der Waals surface area contributed by atoms with E-state index in [9.17, 15) is 24.3 Å². The number of aliphatic carboxylic acids is 1. The number of carboxylic acid groups (broad SMARTS) is 1. The van der Waals surface area contributed by atoms with Crippen LogP contribution in [0.1, 0.15) is 56.2 Å². The second-order valence-electron chi connectivity index (χ2n) is 12.7. The van der Waals surface area contributed by atoms with Crippen molar-refractivity contribution < 1.29 is 33.8 Å². The van der Waals surface area contributed by atoms with E-state index in [4.69, 9.17) is 9.47 Å². The molecule has 46 heavy (non-hydrogen) atoms. The van der Waals surface area contributed by atoms with Crippen LogP contribution >= 0.6 is 0 Å². The molecule has 3 aromatic rings. The van der Waals surface area contributed by atoms with E-state index in [1.54, 1.807) is 57.0 Å². The summed E-state index contributed by atoms with van der Waals surface area (Å²) in [5.41, 5.74) is 1.77. The van der Waals surface area contributed by atoms with Crippen LogP contribution in [0.25, 0.3) is 0 Å². The number of nitrogens with zero attached hydrogens (tertiary/aromatic N) is 4. The zero-order valence-electron chi connectivity index (χ0n) is 26.6. The first-order valence-corrected chi connectivity index (χ1v) is 15.4. The molecule has 0 bridgehead atoms. The molecule has 0 saturated carbocycles. The molecule has 2 fully saturated rings. The van der Waals surface area contributed by atoms with Gasteiger partial charge in [-0.05, 0) is 81.0 Å². The number of carbonyl (C=O) groups excluding carboxylic acids is 3. The second-order valence-corrected chi connectivity index (χ2v) is 12.7. The molecule has 5 rings (SSSR count). The molecule has 11 nitrogen and oxygen atoms in total. The maximum Gasteiger partial charge on any atom is 0.416 e. The Morgan fingerprint density at radius 3 is 2.39 bits per heavy atom. The van der Waals surface area contributed by atoms with Gasteiger partial charge >= 0.3 is 18.1 Å². The van der Waals surface area contributed by atoms with Gasteiger partial charge in [0.1, 0.15) is 17.2 Å². The highest BCUT2D eigenvalue weighted by atomic mass is 16.6. The number of methoxy groups -OCH3 is 1. The lowest BCUT2D eigenvalue weighted by Gasteiger charge is -2.46. The maximum atomic E-state index is 13.5. The number of carbonyl (C=O) groups is 4. The highest BCUT2D eigenvalue weighted by Crippen LogP contribution is 2.34. The molecule has 11 heteroatoms. The maximum absolute atomic E-state index is 13.5. The number of urea groups is 1. The van der Waals surface area contributed by atoms with Crippen molar-refractivity contribution >= 4 is 29.8 Å². The van der Waals surface area contributed by atoms with Crippen LogP contribution in [-0.2, 0) is 27.3 Å². The van der Waals surface area contributed by atoms with E-state index in [0.717, 1.165) is 28.9 Å². The van der Waals surface area contributed by atoms with Crippen molar-refractivity contribution in [2.45, 2.75) is 64.1 Å². The summed E-state index contributed by atoms with van der Waals surface area (Å²) in [5, 5.41) is 10.1. The van der Waals surface area contributed by atoms with E-state index in [1.807, 2.05) is 42.5 Å².